The van der Waals surface area contributed by atoms with Crippen LogP contribution in [0.2, 0.25) is 0 Å². The van der Waals surface area contributed by atoms with Gasteiger partial charge in [0.25, 0.3) is 5.91 Å². The van der Waals surface area contributed by atoms with Gasteiger partial charge in [-0.1, -0.05) is 0 Å². The van der Waals surface area contributed by atoms with Gasteiger partial charge in [0, 0.05) is 25.2 Å². The van der Waals surface area contributed by atoms with Crippen LogP contribution in [0.1, 0.15) is 6.42 Å². The maximum Gasteiger partial charge on any atom is 0.252 e. The smallest absolute Gasteiger partial charge is 0.252 e. The number of carbonyl (C=O) groups is 1. The minimum absolute atomic E-state index is 0. The Morgan fingerprint density at radius 1 is 1.73 bits per heavy atom. The highest BCUT2D eigenvalue weighted by Crippen LogP contribution is 2.08. The second-order valence-electron chi connectivity index (χ2n) is 3.44. The van der Waals surface area contributed by atoms with Gasteiger partial charge in [-0.25, -0.2) is 0 Å². The molecule has 2 heterocycles. The standard InChI is InChI=1S/C9H13N3OS.ClH/c1-12-4-5-14-9(12)11-8(13)7-2-3-10-6-7;/h4-5,7,10H,2-3,6H2,1H3;1H. The molecular formula is C9H14ClN3OS. The molecule has 15 heavy (non-hydrogen) atoms. The first-order valence-corrected chi connectivity index (χ1v) is 5.55. The van der Waals surface area contributed by atoms with E-state index < -0.39 is 0 Å². The van der Waals surface area contributed by atoms with E-state index in [1.54, 1.807) is 0 Å². The van der Waals surface area contributed by atoms with E-state index >= 15 is 0 Å². The van der Waals surface area contributed by atoms with Crippen molar-refractivity contribution in [1.82, 2.24) is 9.88 Å². The number of rotatable bonds is 1. The van der Waals surface area contributed by atoms with Gasteiger partial charge in [-0.05, 0) is 13.0 Å². The van der Waals surface area contributed by atoms with Crippen molar-refractivity contribution in [2.45, 2.75) is 6.42 Å². The number of halogens is 1. The number of thiazole rings is 1. The second kappa shape index (κ2) is 5.44. The predicted molar refractivity (Wildman–Crippen MR) is 62.1 cm³/mol. The van der Waals surface area contributed by atoms with Crippen LogP contribution in [-0.2, 0) is 11.8 Å². The first-order chi connectivity index (χ1) is 6.77. The molecular weight excluding hydrogens is 234 g/mol. The van der Waals surface area contributed by atoms with Gasteiger partial charge in [-0.3, -0.25) is 4.79 Å². The number of hydrogen-bond acceptors (Lipinski definition) is 3. The zero-order valence-corrected chi connectivity index (χ0v) is 10.1. The fourth-order valence-corrected chi connectivity index (χ4v) is 2.22. The normalized spacial score (nSPS) is 21.4. The van der Waals surface area contributed by atoms with Gasteiger partial charge >= 0.3 is 0 Å². The van der Waals surface area contributed by atoms with Crippen molar-refractivity contribution in [3.05, 3.63) is 16.4 Å². The largest absolute Gasteiger partial charge is 0.327 e. The van der Waals surface area contributed by atoms with Crippen molar-refractivity contribution in [1.29, 1.82) is 0 Å². The van der Waals surface area contributed by atoms with E-state index in [0.717, 1.165) is 24.3 Å². The maximum atomic E-state index is 11.7. The second-order valence-corrected chi connectivity index (χ2v) is 4.31. The number of aromatic nitrogens is 1. The quantitative estimate of drug-likeness (QED) is 0.788. The summed E-state index contributed by atoms with van der Waals surface area (Å²) in [5.41, 5.74) is 0. The Balaban J connectivity index is 0.00000112. The average molecular weight is 248 g/mol. The molecule has 1 aromatic rings. The lowest BCUT2D eigenvalue weighted by Crippen LogP contribution is -2.20. The van der Waals surface area contributed by atoms with E-state index in [9.17, 15) is 4.79 Å². The summed E-state index contributed by atoms with van der Waals surface area (Å²) >= 11 is 1.49. The number of aryl methyl sites for hydroxylation is 1. The van der Waals surface area contributed by atoms with Crippen molar-refractivity contribution in [2.75, 3.05) is 13.1 Å². The molecule has 0 saturated carbocycles. The molecule has 1 unspecified atom stereocenters. The van der Waals surface area contributed by atoms with Gasteiger partial charge in [0.1, 0.15) is 0 Å². The number of carbonyl (C=O) groups excluding carboxylic acids is 1. The Labute approximate surface area is 98.4 Å². The molecule has 1 amide bonds. The van der Waals surface area contributed by atoms with Crippen LogP contribution in [-0.4, -0.2) is 23.6 Å². The third-order valence-electron chi connectivity index (χ3n) is 2.38. The maximum absolute atomic E-state index is 11.7. The Morgan fingerprint density at radius 3 is 3.07 bits per heavy atom. The highest BCUT2D eigenvalue weighted by atomic mass is 35.5. The molecule has 84 valence electrons. The van der Waals surface area contributed by atoms with Crippen LogP contribution in [0.25, 0.3) is 0 Å². The summed E-state index contributed by atoms with van der Waals surface area (Å²) in [7, 11) is 1.90. The molecule has 1 N–H and O–H groups in total. The van der Waals surface area contributed by atoms with Crippen molar-refractivity contribution in [3.8, 4) is 0 Å². The Bertz CT molecular complexity index is 392. The lowest BCUT2D eigenvalue weighted by Gasteiger charge is -2.00. The molecule has 0 aromatic carbocycles. The Morgan fingerprint density at radius 2 is 2.53 bits per heavy atom. The third kappa shape index (κ3) is 2.90. The average Bonchev–Trinajstić information content (AvgIpc) is 2.77. The molecule has 1 atom stereocenters. The fraction of sp³-hybridized carbons (Fsp3) is 0.556. The van der Waals surface area contributed by atoms with Crippen molar-refractivity contribution < 1.29 is 4.79 Å². The summed E-state index contributed by atoms with van der Waals surface area (Å²) in [5.74, 6) is 0.0881. The molecule has 1 saturated heterocycles. The lowest BCUT2D eigenvalue weighted by atomic mass is 10.1. The number of nitrogens with one attached hydrogen (secondary N) is 1. The number of hydrogen-bond donors (Lipinski definition) is 1. The van der Waals surface area contributed by atoms with Gasteiger partial charge in [0.2, 0.25) is 0 Å². The first kappa shape index (κ1) is 12.4. The summed E-state index contributed by atoms with van der Waals surface area (Å²) in [6.45, 7) is 1.71. The Hall–Kier alpha value is -0.650. The van der Waals surface area contributed by atoms with Gasteiger partial charge in [-0.2, -0.15) is 4.99 Å². The summed E-state index contributed by atoms with van der Waals surface area (Å²) in [6.07, 6.45) is 2.82. The van der Waals surface area contributed by atoms with Crippen LogP contribution < -0.4 is 10.1 Å². The van der Waals surface area contributed by atoms with Crippen molar-refractivity contribution in [2.24, 2.45) is 18.0 Å². The molecule has 1 aliphatic rings. The minimum Gasteiger partial charge on any atom is -0.327 e. The van der Waals surface area contributed by atoms with E-state index in [4.69, 9.17) is 0 Å². The van der Waals surface area contributed by atoms with E-state index in [2.05, 4.69) is 10.3 Å². The zero-order valence-electron chi connectivity index (χ0n) is 8.47. The van der Waals surface area contributed by atoms with Crippen molar-refractivity contribution >= 4 is 29.7 Å². The van der Waals surface area contributed by atoms with Crippen molar-refractivity contribution in [3.63, 3.8) is 0 Å². The third-order valence-corrected chi connectivity index (χ3v) is 3.22. The lowest BCUT2D eigenvalue weighted by molar-refractivity contribution is -0.121. The van der Waals surface area contributed by atoms with E-state index in [-0.39, 0.29) is 24.2 Å². The van der Waals surface area contributed by atoms with E-state index in [1.165, 1.54) is 11.3 Å². The highest BCUT2D eigenvalue weighted by Gasteiger charge is 2.21. The summed E-state index contributed by atoms with van der Waals surface area (Å²) in [6, 6.07) is 0. The predicted octanol–water partition coefficient (Wildman–Crippen LogP) is 0.545. The molecule has 0 spiro atoms. The zero-order chi connectivity index (χ0) is 9.97. The van der Waals surface area contributed by atoms with Crippen LogP contribution in [0.5, 0.6) is 0 Å². The van der Waals surface area contributed by atoms with Crippen LogP contribution in [0.3, 0.4) is 0 Å². The van der Waals surface area contributed by atoms with Gasteiger partial charge < -0.3 is 9.88 Å². The molecule has 0 aliphatic carbocycles. The van der Waals surface area contributed by atoms with Gasteiger partial charge in [-0.15, -0.1) is 23.7 Å². The van der Waals surface area contributed by atoms with Crippen LogP contribution in [0.4, 0.5) is 0 Å². The van der Waals surface area contributed by atoms with Gasteiger partial charge in [0.15, 0.2) is 4.80 Å². The van der Waals surface area contributed by atoms with Gasteiger partial charge in [0.05, 0.1) is 5.92 Å². The molecule has 4 nitrogen and oxygen atoms in total. The Kier molecular flexibility index (Phi) is 4.50. The van der Waals surface area contributed by atoms with Crippen LogP contribution >= 0.6 is 23.7 Å². The molecule has 0 radical (unpaired) electrons. The fourth-order valence-electron chi connectivity index (χ4n) is 1.49. The summed E-state index contributed by atoms with van der Waals surface area (Å²) < 4.78 is 1.87. The monoisotopic (exact) mass is 247 g/mol. The molecule has 2 rings (SSSR count). The molecule has 1 fully saturated rings. The molecule has 1 aromatic heterocycles. The topological polar surface area (TPSA) is 46.4 Å². The first-order valence-electron chi connectivity index (χ1n) is 4.67. The van der Waals surface area contributed by atoms with Crippen LogP contribution in [0, 0.1) is 5.92 Å². The number of nitrogens with zero attached hydrogens (tertiary/aromatic N) is 2. The van der Waals surface area contributed by atoms with E-state index in [1.807, 2.05) is 23.2 Å². The SMILES string of the molecule is Cl.Cn1ccsc1=NC(=O)C1CCNC1. The molecule has 1 aliphatic heterocycles. The summed E-state index contributed by atoms with van der Waals surface area (Å²) in [5, 5.41) is 5.09. The van der Waals surface area contributed by atoms with Crippen LogP contribution in [0.15, 0.2) is 16.6 Å². The highest BCUT2D eigenvalue weighted by molar-refractivity contribution is 7.07. The summed E-state index contributed by atoms with van der Waals surface area (Å²) in [4.78, 5) is 16.5. The minimum atomic E-state index is 0. The number of amides is 1. The molecule has 6 heteroatoms. The van der Waals surface area contributed by atoms with E-state index in [0.29, 0.717) is 0 Å². The molecule has 0 bridgehead atoms.